The van der Waals surface area contributed by atoms with Crippen molar-refractivity contribution in [1.29, 1.82) is 0 Å². The summed E-state index contributed by atoms with van der Waals surface area (Å²) in [6, 6.07) is 0.323. The van der Waals surface area contributed by atoms with E-state index in [-0.39, 0.29) is 12.2 Å². The first-order valence-electron chi connectivity index (χ1n) is 6.82. The Morgan fingerprint density at radius 2 is 2.13 bits per heavy atom. The lowest BCUT2D eigenvalue weighted by Gasteiger charge is -2.07. The van der Waals surface area contributed by atoms with Crippen molar-refractivity contribution in [2.24, 2.45) is 7.05 Å². The van der Waals surface area contributed by atoms with Gasteiger partial charge in [-0.3, -0.25) is 4.68 Å². The summed E-state index contributed by atoms with van der Waals surface area (Å²) in [6.45, 7) is 3.42. The summed E-state index contributed by atoms with van der Waals surface area (Å²) < 4.78 is 43.8. The highest BCUT2D eigenvalue weighted by Crippen LogP contribution is 2.28. The average Bonchev–Trinajstić information content (AvgIpc) is 3.00. The molecule has 0 saturated heterocycles. The van der Waals surface area contributed by atoms with Crippen molar-refractivity contribution in [3.05, 3.63) is 28.9 Å². The van der Waals surface area contributed by atoms with Gasteiger partial charge in [-0.15, -0.1) is 0 Å². The second-order valence-electron chi connectivity index (χ2n) is 4.87. The van der Waals surface area contributed by atoms with Crippen molar-refractivity contribution >= 4 is 11.7 Å². The van der Waals surface area contributed by atoms with Crippen LogP contribution < -0.4 is 10.6 Å². The Bertz CT molecular complexity index is 705. The third-order valence-corrected chi connectivity index (χ3v) is 3.19. The topological polar surface area (TPSA) is 85.0 Å². The number of anilines is 1. The standard InChI is InChI=1S/C13H16F3N5O2/c1-4-9-11(7(2)20-23-9)18-12(22)17-6-8-5-10(13(14,15)16)19-21(8)3/h5H,4,6H2,1-3H3,(H2,17,18,22). The highest BCUT2D eigenvalue weighted by Gasteiger charge is 2.34. The molecule has 0 radical (unpaired) electrons. The van der Waals surface area contributed by atoms with Gasteiger partial charge in [0.1, 0.15) is 11.4 Å². The Morgan fingerprint density at radius 3 is 2.70 bits per heavy atom. The maximum atomic E-state index is 12.6. The molecule has 0 saturated carbocycles. The number of alkyl halides is 3. The number of hydrogen-bond acceptors (Lipinski definition) is 4. The predicted molar refractivity (Wildman–Crippen MR) is 74.7 cm³/mol. The minimum atomic E-state index is -4.52. The molecule has 0 spiro atoms. The lowest BCUT2D eigenvalue weighted by molar-refractivity contribution is -0.141. The Balaban J connectivity index is 2.00. The third kappa shape index (κ3) is 3.82. The SMILES string of the molecule is CCc1onc(C)c1NC(=O)NCc1cc(C(F)(F)F)nn1C. The van der Waals surface area contributed by atoms with Gasteiger partial charge in [0.15, 0.2) is 11.5 Å². The third-order valence-electron chi connectivity index (χ3n) is 3.19. The normalized spacial score (nSPS) is 11.6. The zero-order valence-electron chi connectivity index (χ0n) is 12.8. The van der Waals surface area contributed by atoms with Gasteiger partial charge in [0.05, 0.1) is 12.2 Å². The average molecular weight is 331 g/mol. The van der Waals surface area contributed by atoms with E-state index >= 15 is 0 Å². The lowest BCUT2D eigenvalue weighted by Crippen LogP contribution is -2.29. The number of amides is 2. The van der Waals surface area contributed by atoms with E-state index in [0.29, 0.717) is 23.6 Å². The molecule has 2 heterocycles. The smallest absolute Gasteiger partial charge is 0.359 e. The summed E-state index contributed by atoms with van der Waals surface area (Å²) in [5.74, 6) is 0.526. The number of nitrogens with zero attached hydrogens (tertiary/aromatic N) is 3. The van der Waals surface area contributed by atoms with Crippen LogP contribution in [-0.4, -0.2) is 21.0 Å². The Labute approximate surface area is 129 Å². The van der Waals surface area contributed by atoms with Crippen LogP contribution in [0, 0.1) is 6.92 Å². The molecule has 0 aliphatic carbocycles. The molecule has 126 valence electrons. The van der Waals surface area contributed by atoms with E-state index in [0.717, 1.165) is 10.7 Å². The Morgan fingerprint density at radius 1 is 1.43 bits per heavy atom. The highest BCUT2D eigenvalue weighted by atomic mass is 19.4. The highest BCUT2D eigenvalue weighted by molar-refractivity contribution is 5.90. The fraction of sp³-hybridized carbons (Fsp3) is 0.462. The van der Waals surface area contributed by atoms with Crippen LogP contribution in [0.25, 0.3) is 0 Å². The van der Waals surface area contributed by atoms with Crippen LogP contribution in [0.1, 0.15) is 29.8 Å². The molecule has 2 N–H and O–H groups in total. The monoisotopic (exact) mass is 331 g/mol. The number of nitrogens with one attached hydrogen (secondary N) is 2. The largest absolute Gasteiger partial charge is 0.435 e. The van der Waals surface area contributed by atoms with Crippen molar-refractivity contribution in [1.82, 2.24) is 20.3 Å². The van der Waals surface area contributed by atoms with Crippen molar-refractivity contribution in [2.75, 3.05) is 5.32 Å². The molecule has 2 aromatic heterocycles. The summed E-state index contributed by atoms with van der Waals surface area (Å²) in [5, 5.41) is 12.2. The van der Waals surface area contributed by atoms with Crippen LogP contribution in [0.2, 0.25) is 0 Å². The van der Waals surface area contributed by atoms with Crippen LogP contribution in [0.5, 0.6) is 0 Å². The second-order valence-corrected chi connectivity index (χ2v) is 4.87. The van der Waals surface area contributed by atoms with E-state index in [4.69, 9.17) is 4.52 Å². The van der Waals surface area contributed by atoms with Crippen molar-refractivity contribution < 1.29 is 22.5 Å². The number of urea groups is 1. The van der Waals surface area contributed by atoms with E-state index in [1.165, 1.54) is 7.05 Å². The predicted octanol–water partition coefficient (Wildman–Crippen LogP) is 2.62. The summed E-state index contributed by atoms with van der Waals surface area (Å²) in [4.78, 5) is 11.9. The number of carbonyl (C=O) groups excluding carboxylic acids is 1. The van der Waals surface area contributed by atoms with E-state index in [1.807, 2.05) is 6.92 Å². The molecule has 2 amide bonds. The molecule has 0 unspecified atom stereocenters. The maximum Gasteiger partial charge on any atom is 0.435 e. The molecule has 10 heteroatoms. The number of aromatic nitrogens is 3. The molecule has 0 aliphatic rings. The molecule has 0 aliphatic heterocycles. The lowest BCUT2D eigenvalue weighted by atomic mass is 10.2. The first-order valence-corrected chi connectivity index (χ1v) is 6.82. The van der Waals surface area contributed by atoms with Gasteiger partial charge < -0.3 is 15.2 Å². The van der Waals surface area contributed by atoms with Gasteiger partial charge in [0.25, 0.3) is 0 Å². The van der Waals surface area contributed by atoms with Crippen LogP contribution in [-0.2, 0) is 26.2 Å². The number of carbonyl (C=O) groups is 1. The molecular weight excluding hydrogens is 315 g/mol. The summed E-state index contributed by atoms with van der Waals surface area (Å²) >= 11 is 0. The number of rotatable bonds is 4. The first-order chi connectivity index (χ1) is 10.7. The van der Waals surface area contributed by atoms with E-state index < -0.39 is 17.9 Å². The minimum absolute atomic E-state index is 0.100. The van der Waals surface area contributed by atoms with Crippen molar-refractivity contribution in [2.45, 2.75) is 33.0 Å². The molecule has 2 rings (SSSR count). The summed E-state index contributed by atoms with van der Waals surface area (Å²) in [5.41, 5.74) is 0.216. The van der Waals surface area contributed by atoms with Crippen molar-refractivity contribution in [3.8, 4) is 0 Å². The fourth-order valence-electron chi connectivity index (χ4n) is 1.96. The molecule has 0 bridgehead atoms. The van der Waals surface area contributed by atoms with Gasteiger partial charge in [-0.25, -0.2) is 4.79 Å². The Hall–Kier alpha value is -2.52. The van der Waals surface area contributed by atoms with Gasteiger partial charge in [-0.05, 0) is 13.0 Å². The van der Waals surface area contributed by atoms with E-state index in [2.05, 4.69) is 20.9 Å². The van der Waals surface area contributed by atoms with Gasteiger partial charge in [-0.1, -0.05) is 12.1 Å². The van der Waals surface area contributed by atoms with Gasteiger partial charge in [0.2, 0.25) is 0 Å². The van der Waals surface area contributed by atoms with Crippen LogP contribution in [0.15, 0.2) is 10.6 Å². The van der Waals surface area contributed by atoms with Crippen LogP contribution >= 0.6 is 0 Å². The molecule has 0 aromatic carbocycles. The number of hydrogen-bond donors (Lipinski definition) is 2. The molecule has 7 nitrogen and oxygen atoms in total. The zero-order chi connectivity index (χ0) is 17.2. The van der Waals surface area contributed by atoms with Gasteiger partial charge in [-0.2, -0.15) is 18.3 Å². The minimum Gasteiger partial charge on any atom is -0.359 e. The molecule has 23 heavy (non-hydrogen) atoms. The van der Waals surface area contributed by atoms with Crippen molar-refractivity contribution in [3.63, 3.8) is 0 Å². The first kappa shape index (κ1) is 16.8. The van der Waals surface area contributed by atoms with E-state index in [1.54, 1.807) is 6.92 Å². The molecule has 0 fully saturated rings. The summed E-state index contributed by atoms with van der Waals surface area (Å²) in [7, 11) is 1.38. The van der Waals surface area contributed by atoms with Crippen LogP contribution in [0.4, 0.5) is 23.7 Å². The number of aryl methyl sites for hydroxylation is 3. The fourth-order valence-corrected chi connectivity index (χ4v) is 1.96. The van der Waals surface area contributed by atoms with Gasteiger partial charge in [0, 0.05) is 13.5 Å². The Kier molecular flexibility index (Phi) is 4.62. The summed E-state index contributed by atoms with van der Waals surface area (Å²) in [6.07, 6.45) is -3.97. The number of halogens is 3. The van der Waals surface area contributed by atoms with Gasteiger partial charge >= 0.3 is 12.2 Å². The van der Waals surface area contributed by atoms with Crippen LogP contribution in [0.3, 0.4) is 0 Å². The molecule has 2 aromatic rings. The zero-order valence-corrected chi connectivity index (χ0v) is 12.8. The molecule has 0 atom stereocenters. The van der Waals surface area contributed by atoms with E-state index in [9.17, 15) is 18.0 Å². The maximum absolute atomic E-state index is 12.6. The molecular formula is C13H16F3N5O2. The second kappa shape index (κ2) is 6.31. The quantitative estimate of drug-likeness (QED) is 0.902.